The molecule has 6 nitrogen and oxygen atoms in total. The lowest BCUT2D eigenvalue weighted by atomic mass is 10.1. The summed E-state index contributed by atoms with van der Waals surface area (Å²) >= 11 is 5.73. The number of hydrogen-bond acceptors (Lipinski definition) is 5. The third kappa shape index (κ3) is 4.92. The van der Waals surface area contributed by atoms with Gasteiger partial charge in [0.2, 0.25) is 5.91 Å². The molecular formula is C15H12ClFN4O2. The van der Waals surface area contributed by atoms with Crippen molar-refractivity contribution in [3.63, 3.8) is 0 Å². The van der Waals surface area contributed by atoms with E-state index in [2.05, 4.69) is 15.8 Å². The predicted octanol–water partition coefficient (Wildman–Crippen LogP) is 2.31. The first-order valence-electron chi connectivity index (χ1n) is 6.54. The molecular weight excluding hydrogens is 323 g/mol. The summed E-state index contributed by atoms with van der Waals surface area (Å²) in [4.78, 5) is 15.7. The molecule has 0 bridgehead atoms. The minimum absolute atomic E-state index is 0.0978. The topological polar surface area (TPSA) is 98.0 Å². The number of carbonyl (C=O) groups is 1. The van der Waals surface area contributed by atoms with Gasteiger partial charge in [-0.15, -0.1) is 0 Å². The number of aromatic nitrogens is 1. The van der Waals surface area contributed by atoms with E-state index in [0.29, 0.717) is 5.56 Å². The fourth-order valence-corrected chi connectivity index (χ4v) is 2.03. The average molecular weight is 335 g/mol. The maximum atomic E-state index is 13.1. The van der Waals surface area contributed by atoms with Crippen molar-refractivity contribution in [2.75, 3.05) is 5.43 Å². The van der Waals surface area contributed by atoms with Crippen LogP contribution >= 0.6 is 11.6 Å². The first-order valence-corrected chi connectivity index (χ1v) is 6.92. The van der Waals surface area contributed by atoms with E-state index in [1.54, 1.807) is 0 Å². The Morgan fingerprint density at radius 3 is 2.91 bits per heavy atom. The van der Waals surface area contributed by atoms with Crippen molar-refractivity contribution in [2.24, 2.45) is 0 Å². The molecule has 0 fully saturated rings. The minimum Gasteiger partial charge on any atom is -0.388 e. The van der Waals surface area contributed by atoms with Crippen molar-refractivity contribution in [2.45, 2.75) is 12.5 Å². The Balaban J connectivity index is 1.93. The molecule has 3 N–H and O–H groups in total. The lowest BCUT2D eigenvalue weighted by Gasteiger charge is -2.12. The van der Waals surface area contributed by atoms with Crippen LogP contribution in [-0.4, -0.2) is 16.0 Å². The van der Waals surface area contributed by atoms with Gasteiger partial charge >= 0.3 is 0 Å². The summed E-state index contributed by atoms with van der Waals surface area (Å²) in [5.41, 5.74) is 5.39. The van der Waals surface area contributed by atoms with Crippen molar-refractivity contribution in [3.05, 3.63) is 58.5 Å². The highest BCUT2D eigenvalue weighted by Gasteiger charge is 2.13. The number of rotatable bonds is 5. The Morgan fingerprint density at radius 2 is 2.22 bits per heavy atom. The number of pyridine rings is 1. The Hall–Kier alpha value is -2.69. The van der Waals surface area contributed by atoms with Crippen LogP contribution in [0.5, 0.6) is 0 Å². The van der Waals surface area contributed by atoms with Gasteiger partial charge in [0.05, 0.1) is 24.2 Å². The van der Waals surface area contributed by atoms with E-state index in [0.717, 1.165) is 6.07 Å². The van der Waals surface area contributed by atoms with E-state index in [-0.39, 0.29) is 23.0 Å². The Labute approximate surface area is 136 Å². The van der Waals surface area contributed by atoms with E-state index >= 15 is 0 Å². The summed E-state index contributed by atoms with van der Waals surface area (Å²) < 4.78 is 13.1. The summed E-state index contributed by atoms with van der Waals surface area (Å²) in [5, 5.41) is 18.8. The first-order chi connectivity index (χ1) is 11.0. The molecule has 2 rings (SSSR count). The molecule has 0 saturated carbocycles. The number of aliphatic hydroxyl groups excluding tert-OH is 1. The molecule has 23 heavy (non-hydrogen) atoms. The predicted molar refractivity (Wildman–Crippen MR) is 81.7 cm³/mol. The quantitative estimate of drug-likeness (QED) is 0.576. The summed E-state index contributed by atoms with van der Waals surface area (Å²) in [6, 6.07) is 10.0. The number of hydrazine groups is 1. The first kappa shape index (κ1) is 16.7. The Kier molecular flexibility index (Phi) is 5.46. The fraction of sp³-hybridized carbons (Fsp3) is 0.133. The lowest BCUT2D eigenvalue weighted by molar-refractivity contribution is -0.122. The van der Waals surface area contributed by atoms with Gasteiger partial charge in [-0.3, -0.25) is 15.6 Å². The molecule has 1 heterocycles. The molecule has 1 atom stereocenters. The highest BCUT2D eigenvalue weighted by atomic mass is 35.5. The van der Waals surface area contributed by atoms with Gasteiger partial charge in [-0.1, -0.05) is 23.7 Å². The van der Waals surface area contributed by atoms with Crippen LogP contribution in [0.4, 0.5) is 10.2 Å². The third-order valence-corrected chi connectivity index (χ3v) is 3.06. The summed E-state index contributed by atoms with van der Waals surface area (Å²) in [6.07, 6.45) is -1.42. The van der Waals surface area contributed by atoms with E-state index in [1.807, 2.05) is 6.07 Å². The molecule has 1 aromatic carbocycles. The SMILES string of the molecule is N#Cc1cc(Cl)nc(NNC(=O)CC(O)c2cccc(F)c2)c1. The van der Waals surface area contributed by atoms with Gasteiger partial charge < -0.3 is 5.11 Å². The van der Waals surface area contributed by atoms with Crippen LogP contribution in [0.15, 0.2) is 36.4 Å². The van der Waals surface area contributed by atoms with Crippen LogP contribution in [0.3, 0.4) is 0 Å². The largest absolute Gasteiger partial charge is 0.388 e. The molecule has 0 aliphatic heterocycles. The minimum atomic E-state index is -1.14. The van der Waals surface area contributed by atoms with Gasteiger partial charge in [0, 0.05) is 6.07 Å². The van der Waals surface area contributed by atoms with E-state index in [1.165, 1.54) is 30.3 Å². The monoisotopic (exact) mass is 334 g/mol. The van der Waals surface area contributed by atoms with Crippen LogP contribution in [0.25, 0.3) is 0 Å². The molecule has 0 spiro atoms. The van der Waals surface area contributed by atoms with Crippen LogP contribution in [0.2, 0.25) is 5.15 Å². The zero-order valence-electron chi connectivity index (χ0n) is 11.8. The number of nitriles is 1. The number of anilines is 1. The maximum Gasteiger partial charge on any atom is 0.241 e. The van der Waals surface area contributed by atoms with Crippen molar-refractivity contribution >= 4 is 23.3 Å². The van der Waals surface area contributed by atoms with Crippen molar-refractivity contribution in [1.82, 2.24) is 10.4 Å². The van der Waals surface area contributed by atoms with Gasteiger partial charge in [-0.05, 0) is 23.8 Å². The van der Waals surface area contributed by atoms with Gasteiger partial charge in [0.25, 0.3) is 0 Å². The van der Waals surface area contributed by atoms with Crippen LogP contribution in [0, 0.1) is 17.1 Å². The Bertz CT molecular complexity index is 763. The normalized spacial score (nSPS) is 11.4. The van der Waals surface area contributed by atoms with Crippen LogP contribution in [-0.2, 0) is 4.79 Å². The smallest absolute Gasteiger partial charge is 0.241 e. The average Bonchev–Trinajstić information content (AvgIpc) is 2.52. The fourth-order valence-electron chi connectivity index (χ4n) is 1.82. The molecule has 1 aromatic heterocycles. The number of nitrogens with one attached hydrogen (secondary N) is 2. The molecule has 1 amide bonds. The second-order valence-corrected chi connectivity index (χ2v) is 5.01. The highest BCUT2D eigenvalue weighted by Crippen LogP contribution is 2.17. The number of hydrogen-bond donors (Lipinski definition) is 3. The molecule has 0 saturated heterocycles. The number of carbonyl (C=O) groups excluding carboxylic acids is 1. The third-order valence-electron chi connectivity index (χ3n) is 2.87. The summed E-state index contributed by atoms with van der Waals surface area (Å²) in [5.74, 6) is -0.850. The van der Waals surface area contributed by atoms with Crippen molar-refractivity contribution in [3.8, 4) is 6.07 Å². The molecule has 2 aromatic rings. The molecule has 0 radical (unpaired) electrons. The number of amides is 1. The summed E-state index contributed by atoms with van der Waals surface area (Å²) in [7, 11) is 0. The van der Waals surface area contributed by atoms with Gasteiger partial charge in [-0.25, -0.2) is 9.37 Å². The van der Waals surface area contributed by atoms with Crippen LogP contribution in [0.1, 0.15) is 23.7 Å². The number of aliphatic hydroxyl groups is 1. The second kappa shape index (κ2) is 7.54. The molecule has 8 heteroatoms. The van der Waals surface area contributed by atoms with Gasteiger partial charge in [-0.2, -0.15) is 5.26 Å². The zero-order valence-corrected chi connectivity index (χ0v) is 12.5. The second-order valence-electron chi connectivity index (χ2n) is 4.62. The van der Waals surface area contributed by atoms with Crippen molar-refractivity contribution < 1.29 is 14.3 Å². The van der Waals surface area contributed by atoms with E-state index in [9.17, 15) is 14.3 Å². The molecule has 0 aliphatic carbocycles. The number of nitrogens with zero attached hydrogens (tertiary/aromatic N) is 2. The van der Waals surface area contributed by atoms with Gasteiger partial charge in [0.1, 0.15) is 16.8 Å². The van der Waals surface area contributed by atoms with E-state index < -0.39 is 17.8 Å². The standard InChI is InChI=1S/C15H12ClFN4O2/c16-13-4-9(8-18)5-14(19-13)20-21-15(23)7-12(22)10-2-1-3-11(17)6-10/h1-6,12,22H,7H2,(H,19,20)(H,21,23). The zero-order chi connectivity index (χ0) is 16.8. The Morgan fingerprint density at radius 1 is 1.43 bits per heavy atom. The molecule has 1 unspecified atom stereocenters. The molecule has 118 valence electrons. The number of halogens is 2. The van der Waals surface area contributed by atoms with Crippen LogP contribution < -0.4 is 10.9 Å². The molecule has 0 aliphatic rings. The van der Waals surface area contributed by atoms with Crippen molar-refractivity contribution in [1.29, 1.82) is 5.26 Å². The summed E-state index contributed by atoms with van der Waals surface area (Å²) in [6.45, 7) is 0. The van der Waals surface area contributed by atoms with Gasteiger partial charge in [0.15, 0.2) is 0 Å². The highest BCUT2D eigenvalue weighted by molar-refractivity contribution is 6.29. The maximum absolute atomic E-state index is 13.1. The lowest BCUT2D eigenvalue weighted by Crippen LogP contribution is -2.31. The van der Waals surface area contributed by atoms with E-state index in [4.69, 9.17) is 16.9 Å². The number of benzene rings is 1.